The molecule has 0 aliphatic carbocycles. The van der Waals surface area contributed by atoms with Crippen molar-refractivity contribution in [3.63, 3.8) is 0 Å². The Labute approximate surface area is 126 Å². The largest absolute Gasteiger partial charge is 0.466 e. The molecule has 1 saturated heterocycles. The molecule has 1 aliphatic rings. The Morgan fingerprint density at radius 1 is 1.14 bits per heavy atom. The summed E-state index contributed by atoms with van der Waals surface area (Å²) in [5.41, 5.74) is 0. The third kappa shape index (κ3) is 5.36. The molecule has 1 rings (SSSR count). The van der Waals surface area contributed by atoms with Gasteiger partial charge >= 0.3 is 17.8 Å². The normalized spacial score (nSPS) is 15.8. The van der Waals surface area contributed by atoms with Crippen LogP contribution in [0.15, 0.2) is 0 Å². The molecule has 1 heterocycles. The second-order valence-corrected chi connectivity index (χ2v) is 5.50. The zero-order chi connectivity index (χ0) is 15.8. The Bertz CT molecular complexity index is 382. The summed E-state index contributed by atoms with van der Waals surface area (Å²) < 4.78 is 4.85. The smallest absolute Gasteiger partial charge is 0.312 e. The van der Waals surface area contributed by atoms with Gasteiger partial charge in [0.05, 0.1) is 6.61 Å². The van der Waals surface area contributed by atoms with Crippen LogP contribution in [0.4, 0.5) is 0 Å². The van der Waals surface area contributed by atoms with Crippen LogP contribution < -0.4 is 0 Å². The molecule has 1 aliphatic heterocycles. The van der Waals surface area contributed by atoms with Gasteiger partial charge in [0, 0.05) is 32.1 Å². The zero-order valence-corrected chi connectivity index (χ0v) is 13.3. The van der Waals surface area contributed by atoms with E-state index in [4.69, 9.17) is 4.74 Å². The highest BCUT2D eigenvalue weighted by molar-refractivity contribution is 6.35. The van der Waals surface area contributed by atoms with E-state index in [0.29, 0.717) is 32.7 Å². The summed E-state index contributed by atoms with van der Waals surface area (Å²) in [6.45, 7) is 7.81. The maximum Gasteiger partial charge on any atom is 0.312 e. The lowest BCUT2D eigenvalue weighted by molar-refractivity contribution is -0.157. The fourth-order valence-electron chi connectivity index (χ4n) is 2.38. The Hall–Kier alpha value is -1.59. The van der Waals surface area contributed by atoms with Gasteiger partial charge in [-0.2, -0.15) is 0 Å². The van der Waals surface area contributed by atoms with Crippen LogP contribution in [0.25, 0.3) is 0 Å². The lowest BCUT2D eigenvalue weighted by Gasteiger charge is -2.36. The van der Waals surface area contributed by atoms with Crippen molar-refractivity contribution in [2.75, 3.05) is 26.2 Å². The first-order valence-electron chi connectivity index (χ1n) is 7.72. The van der Waals surface area contributed by atoms with Gasteiger partial charge in [0.25, 0.3) is 0 Å². The highest BCUT2D eigenvalue weighted by Crippen LogP contribution is 2.11. The minimum absolute atomic E-state index is 0.0631. The van der Waals surface area contributed by atoms with E-state index < -0.39 is 11.8 Å². The third-order valence-corrected chi connectivity index (χ3v) is 3.58. The van der Waals surface area contributed by atoms with Gasteiger partial charge in [-0.25, -0.2) is 0 Å². The lowest BCUT2D eigenvalue weighted by Crippen LogP contribution is -2.56. The first-order chi connectivity index (χ1) is 9.97. The van der Waals surface area contributed by atoms with Crippen LogP contribution in [0.3, 0.4) is 0 Å². The second-order valence-electron chi connectivity index (χ2n) is 5.50. The van der Waals surface area contributed by atoms with Gasteiger partial charge in [-0.05, 0) is 33.6 Å². The van der Waals surface area contributed by atoms with Gasteiger partial charge in [-0.15, -0.1) is 0 Å². The Morgan fingerprint density at radius 3 is 2.48 bits per heavy atom. The number of rotatable bonds is 8. The molecule has 0 aromatic rings. The van der Waals surface area contributed by atoms with Gasteiger partial charge in [0.1, 0.15) is 0 Å². The van der Waals surface area contributed by atoms with Crippen molar-refractivity contribution < 1.29 is 19.1 Å². The van der Waals surface area contributed by atoms with Crippen LogP contribution in [0.5, 0.6) is 0 Å². The summed E-state index contributed by atoms with van der Waals surface area (Å²) in [6, 6.07) is 0.0631. The molecule has 0 radical (unpaired) electrons. The van der Waals surface area contributed by atoms with Crippen molar-refractivity contribution in [1.29, 1.82) is 0 Å². The Kier molecular flexibility index (Phi) is 7.19. The van der Waals surface area contributed by atoms with Crippen molar-refractivity contribution in [3.05, 3.63) is 0 Å². The number of carbonyl (C=O) groups is 3. The fourth-order valence-corrected chi connectivity index (χ4v) is 2.38. The van der Waals surface area contributed by atoms with Gasteiger partial charge < -0.3 is 14.5 Å². The Balaban J connectivity index is 2.23. The molecule has 6 heteroatoms. The van der Waals surface area contributed by atoms with Crippen molar-refractivity contribution in [1.82, 2.24) is 9.80 Å². The minimum atomic E-state index is -0.402. The van der Waals surface area contributed by atoms with E-state index in [1.54, 1.807) is 16.7 Å². The zero-order valence-electron chi connectivity index (χ0n) is 13.3. The first-order valence-corrected chi connectivity index (χ1v) is 7.72. The third-order valence-electron chi connectivity index (χ3n) is 3.58. The molecule has 0 aromatic heterocycles. The highest BCUT2D eigenvalue weighted by atomic mass is 16.5. The molecule has 0 spiro atoms. The molecule has 0 aromatic carbocycles. The quantitative estimate of drug-likeness (QED) is 0.383. The van der Waals surface area contributed by atoms with Crippen molar-refractivity contribution in [2.24, 2.45) is 0 Å². The summed E-state index contributed by atoms with van der Waals surface area (Å²) >= 11 is 0. The number of esters is 1. The average molecular weight is 298 g/mol. The molecule has 1 fully saturated rings. The molecule has 0 N–H and O–H groups in total. The number of nitrogens with zero attached hydrogens (tertiary/aromatic N) is 2. The number of amides is 2. The molecule has 120 valence electrons. The maximum atomic E-state index is 12.0. The molecule has 2 amide bonds. The molecule has 0 bridgehead atoms. The van der Waals surface area contributed by atoms with E-state index in [2.05, 4.69) is 0 Å². The summed E-state index contributed by atoms with van der Waals surface area (Å²) in [4.78, 5) is 38.3. The van der Waals surface area contributed by atoms with Gasteiger partial charge in [0.2, 0.25) is 0 Å². The molecule has 0 saturated carbocycles. The SMILES string of the molecule is CCOC(=O)CCCCCN1CCN(C(C)C)C(=O)C1=O. The standard InChI is InChI=1S/C15H26N2O4/c1-4-21-13(18)8-6-5-7-9-16-10-11-17(12(2)3)15(20)14(16)19/h12H,4-11H2,1-3H3. The predicted molar refractivity (Wildman–Crippen MR) is 78.5 cm³/mol. The van der Waals surface area contributed by atoms with E-state index >= 15 is 0 Å². The highest BCUT2D eigenvalue weighted by Gasteiger charge is 2.33. The summed E-state index contributed by atoms with van der Waals surface area (Å²) in [7, 11) is 0. The Morgan fingerprint density at radius 2 is 1.86 bits per heavy atom. The van der Waals surface area contributed by atoms with E-state index in [-0.39, 0.29) is 12.0 Å². The van der Waals surface area contributed by atoms with E-state index in [1.807, 2.05) is 13.8 Å². The number of carbonyl (C=O) groups excluding carboxylic acids is 3. The van der Waals surface area contributed by atoms with Crippen LogP contribution in [0.1, 0.15) is 46.5 Å². The molecule has 0 unspecified atom stereocenters. The van der Waals surface area contributed by atoms with E-state index in [0.717, 1.165) is 19.3 Å². The molecular weight excluding hydrogens is 272 g/mol. The number of piperazine rings is 1. The second kappa shape index (κ2) is 8.64. The number of ether oxygens (including phenoxy) is 1. The van der Waals surface area contributed by atoms with Crippen molar-refractivity contribution >= 4 is 17.8 Å². The molecule has 6 nitrogen and oxygen atoms in total. The molecule has 0 atom stereocenters. The predicted octanol–water partition coefficient (Wildman–Crippen LogP) is 1.19. The fraction of sp³-hybridized carbons (Fsp3) is 0.800. The summed E-state index contributed by atoms with van der Waals surface area (Å²) in [5, 5.41) is 0. The van der Waals surface area contributed by atoms with Crippen LogP contribution in [0, 0.1) is 0 Å². The van der Waals surface area contributed by atoms with Crippen LogP contribution in [-0.2, 0) is 19.1 Å². The number of hydrogen-bond acceptors (Lipinski definition) is 4. The van der Waals surface area contributed by atoms with E-state index in [1.165, 1.54) is 0 Å². The average Bonchev–Trinajstić information content (AvgIpc) is 2.43. The van der Waals surface area contributed by atoms with E-state index in [9.17, 15) is 14.4 Å². The number of unbranched alkanes of at least 4 members (excludes halogenated alkanes) is 2. The topological polar surface area (TPSA) is 66.9 Å². The van der Waals surface area contributed by atoms with Crippen molar-refractivity contribution in [3.8, 4) is 0 Å². The summed E-state index contributed by atoms with van der Waals surface area (Å²) in [5.74, 6) is -0.975. The van der Waals surface area contributed by atoms with Gasteiger partial charge in [0.15, 0.2) is 0 Å². The molecule has 21 heavy (non-hydrogen) atoms. The summed E-state index contributed by atoms with van der Waals surface area (Å²) in [6.07, 6.45) is 2.83. The van der Waals surface area contributed by atoms with Crippen LogP contribution >= 0.6 is 0 Å². The van der Waals surface area contributed by atoms with Crippen molar-refractivity contribution in [2.45, 2.75) is 52.5 Å². The number of hydrogen-bond donors (Lipinski definition) is 0. The lowest BCUT2D eigenvalue weighted by atomic mass is 10.1. The first kappa shape index (κ1) is 17.5. The van der Waals surface area contributed by atoms with Gasteiger partial charge in [-0.1, -0.05) is 6.42 Å². The van der Waals surface area contributed by atoms with Crippen LogP contribution in [0.2, 0.25) is 0 Å². The van der Waals surface area contributed by atoms with Crippen LogP contribution in [-0.4, -0.2) is 59.9 Å². The monoisotopic (exact) mass is 298 g/mol. The maximum absolute atomic E-state index is 12.0. The van der Waals surface area contributed by atoms with Gasteiger partial charge in [-0.3, -0.25) is 14.4 Å². The molecular formula is C15H26N2O4. The minimum Gasteiger partial charge on any atom is -0.466 e.